The van der Waals surface area contributed by atoms with E-state index in [1.807, 2.05) is 36.4 Å². The van der Waals surface area contributed by atoms with E-state index in [1.165, 1.54) is 13.8 Å². The summed E-state index contributed by atoms with van der Waals surface area (Å²) in [5.41, 5.74) is 10.3. The highest BCUT2D eigenvalue weighted by Gasteiger charge is 2.49. The van der Waals surface area contributed by atoms with Crippen LogP contribution in [0.1, 0.15) is 44.2 Å². The number of amides is 2. The van der Waals surface area contributed by atoms with Gasteiger partial charge < -0.3 is 11.5 Å². The Balaban J connectivity index is 1.72. The highest BCUT2D eigenvalue weighted by molar-refractivity contribution is 6.11. The van der Waals surface area contributed by atoms with E-state index >= 15 is 0 Å². The third kappa shape index (κ3) is 5.39. The average molecular weight is 635 g/mol. The van der Waals surface area contributed by atoms with Crippen LogP contribution in [-0.2, 0) is 15.0 Å². The fraction of sp³-hybridized carbons (Fsp3) is 0.222. The van der Waals surface area contributed by atoms with Crippen molar-refractivity contribution in [3.05, 3.63) is 96.6 Å². The second kappa shape index (κ2) is 12.1. The molecule has 6 aromatic rings. The lowest BCUT2D eigenvalue weighted by atomic mass is 9.65. The van der Waals surface area contributed by atoms with Crippen molar-refractivity contribution in [3.8, 4) is 12.1 Å². The molecule has 2 atom stereocenters. The molecule has 12 nitrogen and oxygen atoms in total. The molecule has 2 aromatic carbocycles. The van der Waals surface area contributed by atoms with Crippen LogP contribution in [0.5, 0.6) is 0 Å². The van der Waals surface area contributed by atoms with Gasteiger partial charge in [0, 0.05) is 59.2 Å². The Morgan fingerprint density at radius 1 is 0.708 bits per heavy atom. The second-order valence-corrected chi connectivity index (χ2v) is 12.2. The van der Waals surface area contributed by atoms with Gasteiger partial charge in [0.1, 0.15) is 5.41 Å². The molecular weight excluding hydrogens is 604 g/mol. The maximum Gasteiger partial charge on any atom is 0.232 e. The molecule has 0 fully saturated rings. The van der Waals surface area contributed by atoms with Crippen LogP contribution >= 0.6 is 0 Å². The molecule has 0 aliphatic rings. The van der Waals surface area contributed by atoms with E-state index in [0.29, 0.717) is 54.7 Å². The summed E-state index contributed by atoms with van der Waals surface area (Å²) in [6, 6.07) is 22.5. The van der Waals surface area contributed by atoms with Gasteiger partial charge in [-0.1, -0.05) is 24.3 Å². The topological polar surface area (TPSA) is 210 Å². The largest absolute Gasteiger partial charge is 0.370 e. The highest BCUT2D eigenvalue weighted by Crippen LogP contribution is 2.48. The summed E-state index contributed by atoms with van der Waals surface area (Å²) in [7, 11) is 0. The molecule has 12 heteroatoms. The zero-order valence-electron chi connectivity index (χ0n) is 26.3. The number of nitrogens with zero attached hydrogens (tertiary/aromatic N) is 8. The van der Waals surface area contributed by atoms with Gasteiger partial charge in [0.05, 0.1) is 34.2 Å². The van der Waals surface area contributed by atoms with Crippen LogP contribution in [0.3, 0.4) is 0 Å². The van der Waals surface area contributed by atoms with Gasteiger partial charge >= 0.3 is 0 Å². The van der Waals surface area contributed by atoms with E-state index in [9.17, 15) is 20.1 Å². The first kappa shape index (κ1) is 31.6. The number of hydrogen-bond donors (Lipinski definition) is 2. The predicted octanol–water partition coefficient (Wildman–Crippen LogP) is 5.32. The van der Waals surface area contributed by atoms with Crippen LogP contribution < -0.4 is 11.5 Å². The predicted molar refractivity (Wildman–Crippen MR) is 180 cm³/mol. The summed E-state index contributed by atoms with van der Waals surface area (Å²) >= 11 is 0. The lowest BCUT2D eigenvalue weighted by molar-refractivity contribution is -0.122. The quantitative estimate of drug-likeness (QED) is 0.148. The first-order valence-electron chi connectivity index (χ1n) is 15.1. The minimum absolute atomic E-state index is 0.00718. The molecule has 4 aromatic heterocycles. The highest BCUT2D eigenvalue weighted by atomic mass is 16.1. The molecule has 2 unspecified atom stereocenters. The molecule has 0 bridgehead atoms. The molecule has 6 rings (SSSR count). The van der Waals surface area contributed by atoms with Crippen molar-refractivity contribution in [2.75, 3.05) is 0 Å². The molecule has 48 heavy (non-hydrogen) atoms. The molecular formula is C36H30N10O2. The Morgan fingerprint density at radius 2 is 1.15 bits per heavy atom. The number of benzene rings is 2. The number of fused-ring (bicyclic) bond motifs is 6. The number of rotatable bonds is 10. The van der Waals surface area contributed by atoms with Gasteiger partial charge in [0.2, 0.25) is 11.8 Å². The van der Waals surface area contributed by atoms with Crippen molar-refractivity contribution in [2.24, 2.45) is 21.7 Å². The fourth-order valence-corrected chi connectivity index (χ4v) is 6.28. The van der Waals surface area contributed by atoms with Crippen molar-refractivity contribution in [1.29, 1.82) is 10.5 Å². The van der Waals surface area contributed by atoms with E-state index in [2.05, 4.69) is 42.3 Å². The smallest absolute Gasteiger partial charge is 0.232 e. The zero-order chi connectivity index (χ0) is 34.1. The fourth-order valence-electron chi connectivity index (χ4n) is 6.28. The molecule has 4 heterocycles. The van der Waals surface area contributed by atoms with E-state index in [0.717, 1.165) is 0 Å². The summed E-state index contributed by atoms with van der Waals surface area (Å²) in [5, 5.41) is 32.0. The Labute approximate surface area is 275 Å². The van der Waals surface area contributed by atoms with Crippen molar-refractivity contribution in [1.82, 2.24) is 19.9 Å². The number of aromatic nitrogens is 4. The van der Waals surface area contributed by atoms with E-state index in [1.54, 1.807) is 49.1 Å². The number of hydrogen-bond acceptors (Lipinski definition) is 10. The third-order valence-corrected chi connectivity index (χ3v) is 8.70. The summed E-state index contributed by atoms with van der Waals surface area (Å²) in [6.07, 6.45) is 6.25. The molecule has 0 saturated heterocycles. The van der Waals surface area contributed by atoms with Crippen LogP contribution in [0.25, 0.3) is 43.6 Å². The number of azo groups is 1. The standard InChI is InChI=1S/C36H30N10O2/c1-34(20-37,12-11-28(39)47)45-46-35(2,21-38)19-36(33(40)48,26-17-22-7-3-13-41-29(22)31-24(26)9-5-15-43-31)27-18-23-8-4-14-42-30(23)32-25(27)10-6-16-44-32/h3-10,13-18H,11-12,19H2,1-2H3,(H2,39,47)(H2,40,48). The summed E-state index contributed by atoms with van der Waals surface area (Å²) < 4.78 is 0. The van der Waals surface area contributed by atoms with Crippen molar-refractivity contribution < 1.29 is 9.59 Å². The number of carbonyl (C=O) groups is 2. The Morgan fingerprint density at radius 3 is 1.58 bits per heavy atom. The van der Waals surface area contributed by atoms with Gasteiger partial charge in [-0.2, -0.15) is 20.8 Å². The third-order valence-electron chi connectivity index (χ3n) is 8.70. The minimum Gasteiger partial charge on any atom is -0.370 e. The lowest BCUT2D eigenvalue weighted by Crippen LogP contribution is -2.47. The lowest BCUT2D eigenvalue weighted by Gasteiger charge is -2.37. The Bertz CT molecular complexity index is 2260. The second-order valence-electron chi connectivity index (χ2n) is 12.2. The van der Waals surface area contributed by atoms with Crippen LogP contribution in [0.15, 0.2) is 95.7 Å². The van der Waals surface area contributed by atoms with E-state index in [4.69, 9.17) is 11.5 Å². The van der Waals surface area contributed by atoms with Gasteiger partial charge in [0.25, 0.3) is 0 Å². The molecule has 0 spiro atoms. The monoisotopic (exact) mass is 634 g/mol. The summed E-state index contributed by atoms with van der Waals surface area (Å²) in [6.45, 7) is 3.04. The summed E-state index contributed by atoms with van der Waals surface area (Å²) in [5.74, 6) is -1.35. The van der Waals surface area contributed by atoms with Crippen LogP contribution in [0.4, 0.5) is 0 Å². The van der Waals surface area contributed by atoms with Crippen molar-refractivity contribution >= 4 is 55.4 Å². The molecule has 2 amide bonds. The SMILES string of the molecule is CC(C#N)(CCC(N)=O)N=NC(C)(C#N)CC(C(N)=O)(c1cc2cccnc2c2ncccc12)c1cc2cccnc2c2ncccc12. The molecule has 236 valence electrons. The van der Waals surface area contributed by atoms with Crippen LogP contribution in [0, 0.1) is 22.7 Å². The number of nitrogens with two attached hydrogens (primary N) is 2. The van der Waals surface area contributed by atoms with Gasteiger partial charge in [-0.25, -0.2) is 0 Å². The van der Waals surface area contributed by atoms with Crippen molar-refractivity contribution in [3.63, 3.8) is 0 Å². The minimum atomic E-state index is -1.74. The average Bonchev–Trinajstić information content (AvgIpc) is 3.11. The molecule has 0 aliphatic heterocycles. The zero-order valence-corrected chi connectivity index (χ0v) is 26.3. The van der Waals surface area contributed by atoms with Crippen LogP contribution in [0.2, 0.25) is 0 Å². The molecule has 0 saturated carbocycles. The first-order chi connectivity index (χ1) is 23.0. The Hall–Kier alpha value is -6.40. The number of primary amides is 2. The maximum atomic E-state index is 14.5. The molecule has 0 radical (unpaired) electrons. The van der Waals surface area contributed by atoms with Gasteiger partial charge in [-0.3, -0.25) is 29.5 Å². The molecule has 4 N–H and O–H groups in total. The number of carbonyl (C=O) groups excluding carboxylic acids is 2. The van der Waals surface area contributed by atoms with Gasteiger partial charge in [-0.05, 0) is 67.8 Å². The van der Waals surface area contributed by atoms with Gasteiger partial charge in [-0.15, -0.1) is 0 Å². The number of pyridine rings is 4. The van der Waals surface area contributed by atoms with Crippen molar-refractivity contribution in [2.45, 2.75) is 49.6 Å². The molecule has 0 aliphatic carbocycles. The maximum absolute atomic E-state index is 14.5. The van der Waals surface area contributed by atoms with E-state index < -0.39 is 28.3 Å². The van der Waals surface area contributed by atoms with Gasteiger partial charge in [0.15, 0.2) is 11.1 Å². The summed E-state index contributed by atoms with van der Waals surface area (Å²) in [4.78, 5) is 44.5. The normalized spacial score (nSPS) is 14.4. The van der Waals surface area contributed by atoms with Crippen LogP contribution in [-0.4, -0.2) is 42.8 Å². The number of nitriles is 2. The Kier molecular flexibility index (Phi) is 7.95. The first-order valence-corrected chi connectivity index (χ1v) is 15.1. The van der Waals surface area contributed by atoms with E-state index in [-0.39, 0.29) is 19.3 Å².